The van der Waals surface area contributed by atoms with Gasteiger partial charge in [0.15, 0.2) is 0 Å². The molecule has 0 saturated carbocycles. The van der Waals surface area contributed by atoms with Crippen LogP contribution >= 0.6 is 0 Å². The number of hydrogen-bond acceptors (Lipinski definition) is 5. The number of methoxy groups -OCH3 is 1. The minimum Gasteiger partial charge on any atom is -0.384 e. The third kappa shape index (κ3) is 2.57. The highest BCUT2D eigenvalue weighted by Gasteiger charge is 2.29. The summed E-state index contributed by atoms with van der Waals surface area (Å²) in [5.74, 6) is 0.320. The van der Waals surface area contributed by atoms with Crippen LogP contribution in [0.3, 0.4) is 0 Å². The fraction of sp³-hybridized carbons (Fsp3) is 0.500. The highest BCUT2D eigenvalue weighted by molar-refractivity contribution is 5.20. The first kappa shape index (κ1) is 13.2. The maximum atomic E-state index is 5.35. The van der Waals surface area contributed by atoms with Crippen molar-refractivity contribution in [3.8, 4) is 0 Å². The zero-order valence-corrected chi connectivity index (χ0v) is 11.9. The fourth-order valence-electron chi connectivity index (χ4n) is 2.90. The summed E-state index contributed by atoms with van der Waals surface area (Å²) in [6, 6.07) is 4.07. The van der Waals surface area contributed by atoms with Crippen LogP contribution in [0.15, 0.2) is 24.5 Å². The molecule has 20 heavy (non-hydrogen) atoms. The van der Waals surface area contributed by atoms with Gasteiger partial charge in [-0.2, -0.15) is 0 Å². The minimum atomic E-state index is 0.320. The summed E-state index contributed by atoms with van der Waals surface area (Å²) < 4.78 is 7.23. The molecule has 0 bridgehead atoms. The lowest BCUT2D eigenvalue weighted by molar-refractivity contribution is 0.132. The predicted octanol–water partition coefficient (Wildman–Crippen LogP) is 0.956. The van der Waals surface area contributed by atoms with Crippen LogP contribution in [0.4, 0.5) is 0 Å². The van der Waals surface area contributed by atoms with Crippen LogP contribution in [0.5, 0.6) is 0 Å². The molecule has 3 rings (SSSR count). The van der Waals surface area contributed by atoms with Crippen molar-refractivity contribution < 1.29 is 4.74 Å². The van der Waals surface area contributed by atoms with Gasteiger partial charge in [0, 0.05) is 52.1 Å². The second-order valence-electron chi connectivity index (χ2n) is 5.23. The van der Waals surface area contributed by atoms with Gasteiger partial charge >= 0.3 is 0 Å². The molecular formula is C14H19N5O. The van der Waals surface area contributed by atoms with E-state index in [2.05, 4.69) is 26.3 Å². The van der Waals surface area contributed by atoms with Crippen molar-refractivity contribution in [2.45, 2.75) is 19.0 Å². The lowest BCUT2D eigenvalue weighted by Crippen LogP contribution is -2.35. The van der Waals surface area contributed by atoms with E-state index >= 15 is 0 Å². The Kier molecular flexibility index (Phi) is 3.75. The van der Waals surface area contributed by atoms with E-state index in [1.165, 1.54) is 11.3 Å². The molecule has 1 atom stereocenters. The van der Waals surface area contributed by atoms with Gasteiger partial charge in [0.05, 0.1) is 12.3 Å². The minimum absolute atomic E-state index is 0.320. The number of aryl methyl sites for hydroxylation is 1. The Morgan fingerprint density at radius 2 is 2.35 bits per heavy atom. The highest BCUT2D eigenvalue weighted by atomic mass is 16.5. The van der Waals surface area contributed by atoms with E-state index in [1.807, 2.05) is 24.0 Å². The topological polar surface area (TPSA) is 56.1 Å². The molecule has 6 heteroatoms. The quantitative estimate of drug-likeness (QED) is 0.830. The molecule has 1 aliphatic rings. The molecule has 0 fully saturated rings. The van der Waals surface area contributed by atoms with Crippen molar-refractivity contribution in [1.82, 2.24) is 24.9 Å². The number of rotatable bonds is 4. The van der Waals surface area contributed by atoms with E-state index in [0.717, 1.165) is 25.3 Å². The molecular weight excluding hydrogens is 254 g/mol. The summed E-state index contributed by atoms with van der Waals surface area (Å²) in [6.45, 7) is 3.36. The van der Waals surface area contributed by atoms with Crippen molar-refractivity contribution in [2.24, 2.45) is 7.05 Å². The summed E-state index contributed by atoms with van der Waals surface area (Å²) in [4.78, 5) is 6.54. The van der Waals surface area contributed by atoms with Crippen molar-refractivity contribution in [3.63, 3.8) is 0 Å². The van der Waals surface area contributed by atoms with Gasteiger partial charge in [-0.15, -0.1) is 5.10 Å². The number of ether oxygens (including phenoxy) is 1. The highest BCUT2D eigenvalue weighted by Crippen LogP contribution is 2.27. The number of pyridine rings is 1. The van der Waals surface area contributed by atoms with Crippen LogP contribution in [0.25, 0.3) is 0 Å². The largest absolute Gasteiger partial charge is 0.384 e. The Morgan fingerprint density at radius 3 is 3.10 bits per heavy atom. The van der Waals surface area contributed by atoms with Gasteiger partial charge in [0.1, 0.15) is 5.69 Å². The van der Waals surface area contributed by atoms with E-state index < -0.39 is 0 Å². The molecule has 0 N–H and O–H groups in total. The average molecular weight is 273 g/mol. The zero-order chi connectivity index (χ0) is 13.9. The summed E-state index contributed by atoms with van der Waals surface area (Å²) in [6.07, 6.45) is 3.71. The van der Waals surface area contributed by atoms with E-state index in [-0.39, 0.29) is 0 Å². The molecule has 0 aromatic carbocycles. The summed E-state index contributed by atoms with van der Waals surface area (Å²) in [5, 5.41) is 8.43. The molecule has 1 aliphatic heterocycles. The number of nitrogens with zero attached hydrogens (tertiary/aromatic N) is 5. The third-order valence-corrected chi connectivity index (χ3v) is 3.68. The Balaban J connectivity index is 1.79. The number of hydrogen-bond donors (Lipinski definition) is 0. The molecule has 3 heterocycles. The van der Waals surface area contributed by atoms with Crippen molar-refractivity contribution in [1.29, 1.82) is 0 Å². The Morgan fingerprint density at radius 1 is 1.45 bits per heavy atom. The maximum absolute atomic E-state index is 5.35. The average Bonchev–Trinajstić information content (AvgIpc) is 2.82. The fourth-order valence-corrected chi connectivity index (χ4v) is 2.90. The van der Waals surface area contributed by atoms with Crippen LogP contribution in [-0.2, 0) is 24.9 Å². The van der Waals surface area contributed by atoms with Gasteiger partial charge in [-0.05, 0) is 11.6 Å². The lowest BCUT2D eigenvalue weighted by atomic mass is 9.98. The molecule has 2 aromatic rings. The van der Waals surface area contributed by atoms with Crippen molar-refractivity contribution >= 4 is 0 Å². The molecule has 2 aromatic heterocycles. The first-order chi connectivity index (χ1) is 9.78. The van der Waals surface area contributed by atoms with Gasteiger partial charge in [0.2, 0.25) is 0 Å². The second kappa shape index (κ2) is 5.68. The van der Waals surface area contributed by atoms with Gasteiger partial charge in [0.25, 0.3) is 0 Å². The first-order valence-electron chi connectivity index (χ1n) is 6.76. The zero-order valence-electron chi connectivity index (χ0n) is 11.9. The van der Waals surface area contributed by atoms with Crippen LogP contribution in [0.1, 0.15) is 22.9 Å². The Hall–Kier alpha value is -1.79. The lowest BCUT2D eigenvalue weighted by Gasteiger charge is -2.31. The van der Waals surface area contributed by atoms with Crippen LogP contribution in [0, 0.1) is 0 Å². The van der Waals surface area contributed by atoms with Gasteiger partial charge in [-0.3, -0.25) is 14.6 Å². The van der Waals surface area contributed by atoms with E-state index in [1.54, 1.807) is 13.3 Å². The van der Waals surface area contributed by atoms with E-state index in [4.69, 9.17) is 4.74 Å². The van der Waals surface area contributed by atoms with Crippen molar-refractivity contribution in [3.05, 3.63) is 41.5 Å². The van der Waals surface area contributed by atoms with Gasteiger partial charge < -0.3 is 4.74 Å². The summed E-state index contributed by atoms with van der Waals surface area (Å²) in [5.41, 5.74) is 3.48. The van der Waals surface area contributed by atoms with E-state index in [9.17, 15) is 0 Å². The molecule has 106 valence electrons. The van der Waals surface area contributed by atoms with Crippen LogP contribution in [-0.4, -0.2) is 45.1 Å². The van der Waals surface area contributed by atoms with E-state index in [0.29, 0.717) is 12.5 Å². The molecule has 0 saturated heterocycles. The number of aromatic nitrogens is 4. The van der Waals surface area contributed by atoms with Crippen LogP contribution < -0.4 is 0 Å². The second-order valence-corrected chi connectivity index (χ2v) is 5.23. The van der Waals surface area contributed by atoms with Gasteiger partial charge in [-0.1, -0.05) is 11.3 Å². The molecule has 0 radical (unpaired) electrons. The maximum Gasteiger partial charge on any atom is 0.100 e. The smallest absolute Gasteiger partial charge is 0.100 e. The van der Waals surface area contributed by atoms with Crippen LogP contribution in [0.2, 0.25) is 0 Å². The Bertz CT molecular complexity index is 568. The molecule has 0 unspecified atom stereocenters. The normalized spacial score (nSPS) is 19.0. The summed E-state index contributed by atoms with van der Waals surface area (Å²) >= 11 is 0. The van der Waals surface area contributed by atoms with Crippen molar-refractivity contribution in [2.75, 3.05) is 20.3 Å². The monoisotopic (exact) mass is 273 g/mol. The Labute approximate surface area is 118 Å². The predicted molar refractivity (Wildman–Crippen MR) is 74.0 cm³/mol. The molecule has 6 nitrogen and oxygen atoms in total. The SMILES string of the molecule is COC[C@H]1CN(Cc2cccnc2)Cc2nnn(C)c21. The first-order valence-corrected chi connectivity index (χ1v) is 6.76. The molecule has 0 spiro atoms. The van der Waals surface area contributed by atoms with Gasteiger partial charge in [-0.25, -0.2) is 0 Å². The molecule has 0 amide bonds. The summed E-state index contributed by atoms with van der Waals surface area (Å²) in [7, 11) is 3.69. The third-order valence-electron chi connectivity index (χ3n) is 3.68. The molecule has 0 aliphatic carbocycles. The standard InChI is InChI=1S/C14H19N5O/c1-18-14-12(10-20-2)8-19(9-13(14)16-17-18)7-11-4-3-5-15-6-11/h3-6,12H,7-10H2,1-2H3/t12-/m1/s1. The number of fused-ring (bicyclic) bond motifs is 1.